The summed E-state index contributed by atoms with van der Waals surface area (Å²) in [6.45, 7) is 4.64. The van der Waals surface area contributed by atoms with Crippen LogP contribution in [-0.4, -0.2) is 43.9 Å². The maximum absolute atomic E-state index is 12.7. The van der Waals surface area contributed by atoms with Gasteiger partial charge in [-0.25, -0.2) is 13.1 Å². The molecule has 0 heterocycles. The SMILES string of the molecule is CCC(C)NS(=O)(=O)c1ccc(C(=O)Nc2cccc(CN(CC)C(=O)C(F)(F)F)c2)cc1. The number of halogens is 3. The Kier molecular flexibility index (Phi) is 8.62. The maximum Gasteiger partial charge on any atom is 0.471 e. The van der Waals surface area contributed by atoms with Gasteiger partial charge in [0.15, 0.2) is 0 Å². The molecule has 7 nitrogen and oxygen atoms in total. The summed E-state index contributed by atoms with van der Waals surface area (Å²) in [5, 5.41) is 2.62. The zero-order valence-electron chi connectivity index (χ0n) is 18.4. The number of alkyl halides is 3. The van der Waals surface area contributed by atoms with E-state index in [0.29, 0.717) is 22.6 Å². The monoisotopic (exact) mass is 485 g/mol. The van der Waals surface area contributed by atoms with Crippen LogP contribution in [0.4, 0.5) is 18.9 Å². The lowest BCUT2D eigenvalue weighted by Crippen LogP contribution is -2.40. The number of carbonyl (C=O) groups is 2. The van der Waals surface area contributed by atoms with E-state index >= 15 is 0 Å². The summed E-state index contributed by atoms with van der Waals surface area (Å²) in [6.07, 6.45) is -4.34. The van der Waals surface area contributed by atoms with E-state index in [1.54, 1.807) is 25.1 Å². The highest BCUT2D eigenvalue weighted by Crippen LogP contribution is 2.21. The van der Waals surface area contributed by atoms with Crippen molar-refractivity contribution in [3.05, 3.63) is 59.7 Å². The molecule has 2 amide bonds. The molecule has 1 unspecified atom stereocenters. The first-order chi connectivity index (χ1) is 15.4. The van der Waals surface area contributed by atoms with E-state index in [1.165, 1.54) is 37.3 Å². The minimum Gasteiger partial charge on any atom is -0.331 e. The molecular formula is C22H26F3N3O4S. The van der Waals surface area contributed by atoms with Gasteiger partial charge in [0.25, 0.3) is 5.91 Å². The maximum atomic E-state index is 12.7. The molecule has 0 aliphatic rings. The van der Waals surface area contributed by atoms with Crippen LogP contribution >= 0.6 is 0 Å². The van der Waals surface area contributed by atoms with Crippen LogP contribution < -0.4 is 10.0 Å². The van der Waals surface area contributed by atoms with Crippen LogP contribution in [0.25, 0.3) is 0 Å². The van der Waals surface area contributed by atoms with Crippen molar-refractivity contribution in [2.24, 2.45) is 0 Å². The molecule has 0 saturated carbocycles. The van der Waals surface area contributed by atoms with E-state index in [0.717, 1.165) is 0 Å². The quantitative estimate of drug-likeness (QED) is 0.563. The molecule has 2 aromatic carbocycles. The lowest BCUT2D eigenvalue weighted by molar-refractivity contribution is -0.185. The second kappa shape index (κ2) is 10.8. The van der Waals surface area contributed by atoms with Crippen molar-refractivity contribution >= 4 is 27.5 Å². The van der Waals surface area contributed by atoms with Gasteiger partial charge in [0.1, 0.15) is 0 Å². The van der Waals surface area contributed by atoms with E-state index in [1.807, 2.05) is 6.92 Å². The lowest BCUT2D eigenvalue weighted by Gasteiger charge is -2.22. The van der Waals surface area contributed by atoms with Gasteiger partial charge >= 0.3 is 12.1 Å². The van der Waals surface area contributed by atoms with Crippen LogP contribution in [0.2, 0.25) is 0 Å². The zero-order chi connectivity index (χ0) is 24.8. The number of hydrogen-bond donors (Lipinski definition) is 2. The molecule has 0 fully saturated rings. The molecule has 0 bridgehead atoms. The van der Waals surface area contributed by atoms with Gasteiger partial charge in [-0.2, -0.15) is 13.2 Å². The fourth-order valence-corrected chi connectivity index (χ4v) is 4.21. The molecule has 2 rings (SSSR count). The van der Waals surface area contributed by atoms with Crippen LogP contribution in [0.15, 0.2) is 53.4 Å². The van der Waals surface area contributed by atoms with Gasteiger partial charge in [-0.3, -0.25) is 9.59 Å². The van der Waals surface area contributed by atoms with Gasteiger partial charge < -0.3 is 10.2 Å². The fraction of sp³-hybridized carbons (Fsp3) is 0.364. The second-order valence-electron chi connectivity index (χ2n) is 7.43. The Morgan fingerprint density at radius 2 is 1.70 bits per heavy atom. The Hall–Kier alpha value is -2.92. The molecule has 0 aliphatic carbocycles. The Bertz CT molecular complexity index is 1090. The molecule has 33 heavy (non-hydrogen) atoms. The minimum atomic E-state index is -4.97. The molecule has 0 spiro atoms. The number of amides is 2. The van der Waals surface area contributed by atoms with Gasteiger partial charge in [0, 0.05) is 30.4 Å². The van der Waals surface area contributed by atoms with Crippen molar-refractivity contribution in [1.29, 1.82) is 0 Å². The van der Waals surface area contributed by atoms with Crippen molar-refractivity contribution in [1.82, 2.24) is 9.62 Å². The summed E-state index contributed by atoms with van der Waals surface area (Å²) < 4.78 is 65.3. The van der Waals surface area contributed by atoms with E-state index in [4.69, 9.17) is 0 Å². The van der Waals surface area contributed by atoms with E-state index in [2.05, 4.69) is 10.0 Å². The Morgan fingerprint density at radius 3 is 2.24 bits per heavy atom. The molecule has 2 N–H and O–H groups in total. The number of hydrogen-bond acceptors (Lipinski definition) is 4. The third kappa shape index (κ3) is 7.29. The number of sulfonamides is 1. The number of rotatable bonds is 9. The summed E-state index contributed by atoms with van der Waals surface area (Å²) in [5.74, 6) is -2.46. The van der Waals surface area contributed by atoms with E-state index in [-0.39, 0.29) is 29.6 Å². The standard InChI is InChI=1S/C22H26F3N3O4S/c1-4-15(3)27-33(31,32)19-11-9-17(10-12-19)20(29)26-18-8-6-7-16(13-18)14-28(5-2)21(30)22(23,24)25/h6-13,15,27H,4-5,14H2,1-3H3,(H,26,29). The number of anilines is 1. The Labute approximate surface area is 191 Å². The third-order valence-corrected chi connectivity index (χ3v) is 6.47. The van der Waals surface area contributed by atoms with Crippen molar-refractivity contribution in [2.45, 2.75) is 50.9 Å². The van der Waals surface area contributed by atoms with Gasteiger partial charge in [0.2, 0.25) is 10.0 Å². The Morgan fingerprint density at radius 1 is 1.06 bits per heavy atom. The predicted molar refractivity (Wildman–Crippen MR) is 118 cm³/mol. The normalized spacial score (nSPS) is 12.8. The van der Waals surface area contributed by atoms with Crippen molar-refractivity contribution in [3.8, 4) is 0 Å². The molecule has 0 radical (unpaired) electrons. The fourth-order valence-electron chi connectivity index (χ4n) is 2.88. The van der Waals surface area contributed by atoms with Crippen LogP contribution in [0, 0.1) is 0 Å². The van der Waals surface area contributed by atoms with Gasteiger partial charge in [0.05, 0.1) is 4.90 Å². The van der Waals surface area contributed by atoms with Crippen LogP contribution in [0.5, 0.6) is 0 Å². The summed E-state index contributed by atoms with van der Waals surface area (Å²) in [5.41, 5.74) is 0.929. The average Bonchev–Trinajstić information content (AvgIpc) is 2.76. The van der Waals surface area contributed by atoms with E-state index in [9.17, 15) is 31.2 Å². The van der Waals surface area contributed by atoms with Gasteiger partial charge in [-0.15, -0.1) is 0 Å². The molecular weight excluding hydrogens is 459 g/mol. The number of nitrogens with zero attached hydrogens (tertiary/aromatic N) is 1. The highest BCUT2D eigenvalue weighted by molar-refractivity contribution is 7.89. The van der Waals surface area contributed by atoms with Crippen molar-refractivity contribution < 1.29 is 31.2 Å². The topological polar surface area (TPSA) is 95.6 Å². The number of benzene rings is 2. The first kappa shape index (κ1) is 26.3. The lowest BCUT2D eigenvalue weighted by atomic mass is 10.1. The highest BCUT2D eigenvalue weighted by Gasteiger charge is 2.41. The second-order valence-corrected chi connectivity index (χ2v) is 9.14. The summed E-state index contributed by atoms with van der Waals surface area (Å²) in [7, 11) is -3.70. The van der Waals surface area contributed by atoms with Crippen LogP contribution in [0.3, 0.4) is 0 Å². The Balaban J connectivity index is 2.11. The zero-order valence-corrected chi connectivity index (χ0v) is 19.3. The smallest absolute Gasteiger partial charge is 0.331 e. The molecule has 2 aromatic rings. The molecule has 0 aromatic heterocycles. The highest BCUT2D eigenvalue weighted by atomic mass is 32.2. The molecule has 1 atom stereocenters. The van der Waals surface area contributed by atoms with Crippen LogP contribution in [0.1, 0.15) is 43.1 Å². The number of carbonyl (C=O) groups excluding carboxylic acids is 2. The first-order valence-corrected chi connectivity index (χ1v) is 11.7. The predicted octanol–water partition coefficient (Wildman–Crippen LogP) is 3.93. The average molecular weight is 486 g/mol. The molecule has 0 saturated heterocycles. The van der Waals surface area contributed by atoms with E-state index < -0.39 is 28.0 Å². The number of nitrogens with one attached hydrogen (secondary N) is 2. The van der Waals surface area contributed by atoms with Crippen molar-refractivity contribution in [2.75, 3.05) is 11.9 Å². The molecule has 11 heteroatoms. The largest absolute Gasteiger partial charge is 0.471 e. The minimum absolute atomic E-state index is 0.0235. The molecule has 180 valence electrons. The third-order valence-electron chi connectivity index (χ3n) is 4.87. The van der Waals surface area contributed by atoms with Crippen molar-refractivity contribution in [3.63, 3.8) is 0 Å². The summed E-state index contributed by atoms with van der Waals surface area (Å²) >= 11 is 0. The summed E-state index contributed by atoms with van der Waals surface area (Å²) in [6, 6.07) is 11.3. The summed E-state index contributed by atoms with van der Waals surface area (Å²) in [4.78, 5) is 24.7. The van der Waals surface area contributed by atoms with Crippen LogP contribution in [-0.2, 0) is 21.4 Å². The van der Waals surface area contributed by atoms with Gasteiger partial charge in [-0.1, -0.05) is 19.1 Å². The molecule has 0 aliphatic heterocycles. The first-order valence-electron chi connectivity index (χ1n) is 10.3. The van der Waals surface area contributed by atoms with Gasteiger partial charge in [-0.05, 0) is 62.2 Å².